The molecule has 3 aromatic rings. The van der Waals surface area contributed by atoms with Gasteiger partial charge >= 0.3 is 6.36 Å². The first-order valence-corrected chi connectivity index (χ1v) is 10.7. The van der Waals surface area contributed by atoms with Crippen molar-refractivity contribution in [2.24, 2.45) is 0 Å². The van der Waals surface area contributed by atoms with Gasteiger partial charge in [-0.3, -0.25) is 14.5 Å². The average Bonchev–Trinajstić information content (AvgIpc) is 3.23. The van der Waals surface area contributed by atoms with Crippen molar-refractivity contribution < 1.29 is 37.7 Å². The molecule has 0 bridgehead atoms. The van der Waals surface area contributed by atoms with E-state index < -0.39 is 35.6 Å². The van der Waals surface area contributed by atoms with Crippen LogP contribution in [-0.4, -0.2) is 33.2 Å². The summed E-state index contributed by atoms with van der Waals surface area (Å²) >= 11 is 1.12. The van der Waals surface area contributed by atoms with Crippen molar-refractivity contribution in [3.63, 3.8) is 0 Å². The molecule has 2 aromatic carbocycles. The Morgan fingerprint density at radius 3 is 2.21 bits per heavy atom. The zero-order valence-electron chi connectivity index (χ0n) is 17.8. The van der Waals surface area contributed by atoms with Crippen LogP contribution in [0.4, 0.5) is 18.9 Å². The highest BCUT2D eigenvalue weighted by Crippen LogP contribution is 2.43. The summed E-state index contributed by atoms with van der Waals surface area (Å²) in [7, 11) is 0. The van der Waals surface area contributed by atoms with Crippen LogP contribution in [0.15, 0.2) is 59.9 Å². The number of amides is 1. The van der Waals surface area contributed by atoms with Gasteiger partial charge in [0.1, 0.15) is 11.5 Å². The van der Waals surface area contributed by atoms with Gasteiger partial charge < -0.3 is 14.9 Å². The lowest BCUT2D eigenvalue weighted by Gasteiger charge is -2.27. The number of aromatic hydroxyl groups is 1. The molecule has 2 N–H and O–H groups in total. The van der Waals surface area contributed by atoms with E-state index in [0.29, 0.717) is 16.3 Å². The molecular formula is C23H17F3N2O5S. The number of phenolic OH excluding ortho intramolecular Hbond substituents is 1. The second kappa shape index (κ2) is 8.49. The molecule has 34 heavy (non-hydrogen) atoms. The Balaban J connectivity index is 1.81. The molecular weight excluding hydrogens is 473 g/mol. The van der Waals surface area contributed by atoms with Gasteiger partial charge in [-0.1, -0.05) is 12.1 Å². The van der Waals surface area contributed by atoms with E-state index in [-0.39, 0.29) is 21.9 Å². The smallest absolute Gasteiger partial charge is 0.508 e. The second-order valence-electron chi connectivity index (χ2n) is 7.45. The summed E-state index contributed by atoms with van der Waals surface area (Å²) < 4.78 is 41.4. The van der Waals surface area contributed by atoms with Crippen LogP contribution in [0.25, 0.3) is 0 Å². The van der Waals surface area contributed by atoms with Gasteiger partial charge in [0, 0.05) is 5.69 Å². The topological polar surface area (TPSA) is 100.0 Å². The number of hydrogen-bond acceptors (Lipinski definition) is 7. The summed E-state index contributed by atoms with van der Waals surface area (Å²) in [5.41, 5.74) is 0.770. The molecule has 7 nitrogen and oxygen atoms in total. The molecule has 0 spiro atoms. The van der Waals surface area contributed by atoms with Gasteiger partial charge in [-0.2, -0.15) is 0 Å². The SMILES string of the molecule is Cc1nc(C)c(C(=O)C2=C(O)C(=O)N(c3ccc(OC(F)(F)F)cc3)C2c2ccc(O)cc2)s1. The van der Waals surface area contributed by atoms with E-state index in [1.54, 1.807) is 13.8 Å². The Kier molecular flexibility index (Phi) is 5.82. The van der Waals surface area contributed by atoms with Gasteiger partial charge in [0.25, 0.3) is 5.91 Å². The van der Waals surface area contributed by atoms with Crippen LogP contribution in [-0.2, 0) is 4.79 Å². The molecule has 1 atom stereocenters. The number of phenols is 1. The lowest BCUT2D eigenvalue weighted by atomic mass is 9.94. The Morgan fingerprint density at radius 2 is 1.68 bits per heavy atom. The quantitative estimate of drug-likeness (QED) is 0.480. The van der Waals surface area contributed by atoms with E-state index >= 15 is 0 Å². The Morgan fingerprint density at radius 1 is 1.06 bits per heavy atom. The zero-order valence-corrected chi connectivity index (χ0v) is 18.6. The van der Waals surface area contributed by atoms with Crippen LogP contribution in [0.3, 0.4) is 0 Å². The second-order valence-corrected chi connectivity index (χ2v) is 8.65. The first kappa shape index (κ1) is 23.3. The van der Waals surface area contributed by atoms with Gasteiger partial charge in [-0.25, -0.2) is 4.98 Å². The Hall–Kier alpha value is -3.86. The van der Waals surface area contributed by atoms with E-state index in [2.05, 4.69) is 9.72 Å². The minimum atomic E-state index is -4.89. The number of ether oxygens (including phenoxy) is 1. The van der Waals surface area contributed by atoms with Crippen molar-refractivity contribution in [3.8, 4) is 11.5 Å². The molecule has 11 heteroatoms. The number of benzene rings is 2. The molecule has 0 saturated heterocycles. The molecule has 4 rings (SSSR count). The highest BCUT2D eigenvalue weighted by molar-refractivity contribution is 7.14. The molecule has 0 saturated carbocycles. The number of aliphatic hydroxyl groups excluding tert-OH is 1. The van der Waals surface area contributed by atoms with Crippen LogP contribution in [0.2, 0.25) is 0 Å². The van der Waals surface area contributed by atoms with Crippen molar-refractivity contribution >= 4 is 28.7 Å². The van der Waals surface area contributed by atoms with Crippen LogP contribution in [0.5, 0.6) is 11.5 Å². The summed E-state index contributed by atoms with van der Waals surface area (Å²) in [6.07, 6.45) is -4.89. The third-order valence-corrected chi connectivity index (χ3v) is 6.19. The summed E-state index contributed by atoms with van der Waals surface area (Å²) in [5.74, 6) is -2.81. The standard InChI is InChI=1S/C23H17F3N2O5S/c1-11-21(34-12(2)27-11)19(30)17-18(13-3-7-15(29)8-4-13)28(22(32)20(17)31)14-5-9-16(10-6-14)33-23(24,25)26/h3-10,18,29,31H,1-2H3. The van der Waals surface area contributed by atoms with E-state index in [1.807, 2.05) is 0 Å². The summed E-state index contributed by atoms with van der Waals surface area (Å²) in [6, 6.07) is 9.07. The predicted octanol–water partition coefficient (Wildman–Crippen LogP) is 5.15. The monoisotopic (exact) mass is 490 g/mol. The number of aryl methyl sites for hydroxylation is 2. The van der Waals surface area contributed by atoms with Crippen LogP contribution >= 0.6 is 11.3 Å². The Bertz CT molecular complexity index is 1300. The van der Waals surface area contributed by atoms with Crippen molar-refractivity contribution in [1.82, 2.24) is 4.98 Å². The van der Waals surface area contributed by atoms with Gasteiger partial charge in [-0.05, 0) is 55.8 Å². The zero-order chi connectivity index (χ0) is 24.8. The van der Waals surface area contributed by atoms with E-state index in [0.717, 1.165) is 28.4 Å². The number of aromatic nitrogens is 1. The largest absolute Gasteiger partial charge is 0.573 e. The van der Waals surface area contributed by atoms with Crippen molar-refractivity contribution in [2.45, 2.75) is 26.3 Å². The maximum atomic E-state index is 13.5. The molecule has 1 aliphatic heterocycles. The third-order valence-electron chi connectivity index (χ3n) is 5.12. The summed E-state index contributed by atoms with van der Waals surface area (Å²) in [4.78, 5) is 32.1. The van der Waals surface area contributed by atoms with Crippen molar-refractivity contribution in [3.05, 3.63) is 81.0 Å². The fourth-order valence-electron chi connectivity index (χ4n) is 3.75. The number of nitrogens with zero attached hydrogens (tertiary/aromatic N) is 2. The molecule has 1 unspecified atom stereocenters. The maximum Gasteiger partial charge on any atom is 0.573 e. The fourth-order valence-corrected chi connectivity index (χ4v) is 4.62. The number of anilines is 1. The fraction of sp³-hybridized carbons (Fsp3) is 0.174. The molecule has 0 radical (unpaired) electrons. The highest BCUT2D eigenvalue weighted by Gasteiger charge is 2.45. The number of thiazole rings is 1. The van der Waals surface area contributed by atoms with Gasteiger partial charge in [0.2, 0.25) is 5.78 Å². The van der Waals surface area contributed by atoms with E-state index in [9.17, 15) is 33.0 Å². The van der Waals surface area contributed by atoms with Gasteiger partial charge in [0.05, 0.1) is 27.2 Å². The lowest BCUT2D eigenvalue weighted by Crippen LogP contribution is -2.31. The molecule has 1 aromatic heterocycles. The highest BCUT2D eigenvalue weighted by atomic mass is 32.1. The van der Waals surface area contributed by atoms with Crippen LogP contribution in [0, 0.1) is 13.8 Å². The van der Waals surface area contributed by atoms with Gasteiger partial charge in [0.15, 0.2) is 5.76 Å². The number of alkyl halides is 3. The average molecular weight is 490 g/mol. The first-order chi connectivity index (χ1) is 16.0. The number of carbonyl (C=O) groups is 2. The molecule has 1 amide bonds. The molecule has 2 heterocycles. The number of rotatable bonds is 5. The number of Topliss-reactive ketones (excluding diaryl/α,β-unsaturated/α-hetero) is 1. The molecule has 0 aliphatic carbocycles. The number of carbonyl (C=O) groups excluding carboxylic acids is 2. The minimum Gasteiger partial charge on any atom is -0.508 e. The Labute approximate surface area is 195 Å². The normalized spacial score (nSPS) is 16.3. The van der Waals surface area contributed by atoms with Crippen LogP contribution < -0.4 is 9.64 Å². The van der Waals surface area contributed by atoms with Crippen LogP contribution in [0.1, 0.15) is 32.0 Å². The summed E-state index contributed by atoms with van der Waals surface area (Å²) in [6.45, 7) is 3.36. The molecule has 176 valence electrons. The van der Waals surface area contributed by atoms with Gasteiger partial charge in [-0.15, -0.1) is 24.5 Å². The predicted molar refractivity (Wildman–Crippen MR) is 117 cm³/mol. The lowest BCUT2D eigenvalue weighted by molar-refractivity contribution is -0.274. The number of aliphatic hydroxyl groups is 1. The molecule has 1 aliphatic rings. The first-order valence-electron chi connectivity index (χ1n) is 9.86. The van der Waals surface area contributed by atoms with Crippen molar-refractivity contribution in [1.29, 1.82) is 0 Å². The summed E-state index contributed by atoms with van der Waals surface area (Å²) in [5, 5.41) is 21.1. The number of halogens is 3. The van der Waals surface area contributed by atoms with E-state index in [1.165, 1.54) is 36.4 Å². The third kappa shape index (κ3) is 4.34. The van der Waals surface area contributed by atoms with Crippen molar-refractivity contribution in [2.75, 3.05) is 4.90 Å². The number of hydrogen-bond donors (Lipinski definition) is 2. The van der Waals surface area contributed by atoms with E-state index in [4.69, 9.17) is 0 Å². The molecule has 0 fully saturated rings. The maximum absolute atomic E-state index is 13.5. The number of ketones is 1. The minimum absolute atomic E-state index is 0.0525.